The van der Waals surface area contributed by atoms with Gasteiger partial charge in [0.1, 0.15) is 6.04 Å². The van der Waals surface area contributed by atoms with E-state index in [9.17, 15) is 19.2 Å². The zero-order valence-electron chi connectivity index (χ0n) is 17.0. The van der Waals surface area contributed by atoms with Gasteiger partial charge in [0, 0.05) is 5.69 Å². The molecule has 0 aromatic heterocycles. The Morgan fingerprint density at radius 2 is 1.71 bits per heavy atom. The van der Waals surface area contributed by atoms with Crippen LogP contribution in [0.1, 0.15) is 20.3 Å². The Morgan fingerprint density at radius 1 is 1.10 bits per heavy atom. The molecule has 5 atom stereocenters. The smallest absolute Gasteiger partial charge is 0.330 e. The Labute approximate surface area is 189 Å². The average Bonchev–Trinajstić information content (AvgIpc) is 3.39. The third-order valence-corrected chi connectivity index (χ3v) is 6.94. The van der Waals surface area contributed by atoms with Crippen molar-refractivity contribution in [1.29, 1.82) is 0 Å². The molecule has 0 unspecified atom stereocenters. The van der Waals surface area contributed by atoms with Crippen molar-refractivity contribution >= 4 is 52.6 Å². The fourth-order valence-corrected chi connectivity index (χ4v) is 5.17. The van der Waals surface area contributed by atoms with Crippen LogP contribution in [0.15, 0.2) is 30.4 Å². The van der Waals surface area contributed by atoms with Crippen LogP contribution in [0.5, 0.6) is 0 Å². The molecule has 164 valence electrons. The first-order valence-corrected chi connectivity index (χ1v) is 10.9. The minimum absolute atomic E-state index is 0.0530. The number of ether oxygens (including phenoxy) is 1. The maximum atomic E-state index is 13.0. The van der Waals surface area contributed by atoms with Crippen molar-refractivity contribution in [3.05, 3.63) is 40.4 Å². The summed E-state index contributed by atoms with van der Waals surface area (Å²) in [6.07, 6.45) is 4.81. The van der Waals surface area contributed by atoms with E-state index in [-0.39, 0.29) is 34.6 Å². The second kappa shape index (κ2) is 8.28. The lowest BCUT2D eigenvalue weighted by atomic mass is 9.85. The summed E-state index contributed by atoms with van der Waals surface area (Å²) in [7, 11) is 0. The number of hydrogen-bond acceptors (Lipinski definition) is 5. The molecule has 1 heterocycles. The molecule has 3 aliphatic rings. The average molecular weight is 465 g/mol. The molecule has 3 amide bonds. The van der Waals surface area contributed by atoms with E-state index in [0.29, 0.717) is 10.7 Å². The van der Waals surface area contributed by atoms with Crippen LogP contribution in [-0.2, 0) is 23.9 Å². The molecule has 31 heavy (non-hydrogen) atoms. The number of allylic oxidation sites excluding steroid dienone is 2. The number of nitrogens with one attached hydrogen (secondary N) is 1. The number of rotatable bonds is 6. The second-order valence-electron chi connectivity index (χ2n) is 8.52. The Kier molecular flexibility index (Phi) is 5.83. The van der Waals surface area contributed by atoms with Gasteiger partial charge in [0.2, 0.25) is 11.8 Å². The quantitative estimate of drug-likeness (QED) is 0.396. The molecule has 1 saturated carbocycles. The fraction of sp³-hybridized carbons (Fsp3) is 0.455. The number of nitrogens with zero attached hydrogens (tertiary/aromatic N) is 1. The zero-order chi connectivity index (χ0) is 22.4. The summed E-state index contributed by atoms with van der Waals surface area (Å²) in [4.78, 5) is 52.2. The molecule has 1 aromatic rings. The standard InChI is InChI=1S/C22H22Cl2N2O5/c1-10(2)19(26-20(28)17-11-3-4-12(7-11)18(17)21(26)29)22(30)31-9-16(27)25-13-5-6-14(23)15(24)8-13/h3-6,8,10-12,17-19H,7,9H2,1-2H3,(H,25,27)/t11-,12-,17-,18+,19-/m0/s1. The van der Waals surface area contributed by atoms with Crippen molar-refractivity contribution in [2.75, 3.05) is 11.9 Å². The van der Waals surface area contributed by atoms with Crippen molar-refractivity contribution in [2.24, 2.45) is 29.6 Å². The maximum Gasteiger partial charge on any atom is 0.330 e. The number of benzene rings is 1. The number of carbonyl (C=O) groups is 4. The summed E-state index contributed by atoms with van der Waals surface area (Å²) in [5, 5.41) is 3.18. The third kappa shape index (κ3) is 3.85. The Hall–Kier alpha value is -2.38. The highest BCUT2D eigenvalue weighted by Gasteiger charge is 2.61. The number of halogens is 2. The highest BCUT2D eigenvalue weighted by Crippen LogP contribution is 2.53. The molecular formula is C22H22Cl2N2O5. The van der Waals surface area contributed by atoms with E-state index in [1.165, 1.54) is 12.1 Å². The zero-order valence-corrected chi connectivity index (χ0v) is 18.5. The fourth-order valence-electron chi connectivity index (χ4n) is 4.87. The molecule has 7 nitrogen and oxygen atoms in total. The lowest BCUT2D eigenvalue weighted by Crippen LogP contribution is -2.50. The van der Waals surface area contributed by atoms with Gasteiger partial charge in [0.05, 0.1) is 21.9 Å². The van der Waals surface area contributed by atoms with Crippen molar-refractivity contribution in [3.63, 3.8) is 0 Å². The number of anilines is 1. The Bertz CT molecular complexity index is 962. The van der Waals surface area contributed by atoms with E-state index >= 15 is 0 Å². The number of esters is 1. The van der Waals surface area contributed by atoms with Gasteiger partial charge in [-0.15, -0.1) is 0 Å². The second-order valence-corrected chi connectivity index (χ2v) is 9.33. The highest BCUT2D eigenvalue weighted by molar-refractivity contribution is 6.42. The van der Waals surface area contributed by atoms with E-state index in [4.69, 9.17) is 27.9 Å². The molecule has 2 bridgehead atoms. The van der Waals surface area contributed by atoms with Crippen molar-refractivity contribution < 1.29 is 23.9 Å². The summed E-state index contributed by atoms with van der Waals surface area (Å²) in [6, 6.07) is 3.50. The van der Waals surface area contributed by atoms with Gasteiger partial charge in [-0.3, -0.25) is 19.3 Å². The van der Waals surface area contributed by atoms with Gasteiger partial charge in [-0.2, -0.15) is 0 Å². The summed E-state index contributed by atoms with van der Waals surface area (Å²) >= 11 is 11.8. The molecule has 2 aliphatic carbocycles. The molecule has 0 radical (unpaired) electrons. The van der Waals surface area contributed by atoms with E-state index in [0.717, 1.165) is 11.3 Å². The number of likely N-dealkylation sites (tertiary alicyclic amines) is 1. The van der Waals surface area contributed by atoms with Crippen molar-refractivity contribution in [3.8, 4) is 0 Å². The number of hydrogen-bond donors (Lipinski definition) is 1. The van der Waals surface area contributed by atoms with Crippen molar-refractivity contribution in [2.45, 2.75) is 26.3 Å². The van der Waals surface area contributed by atoms with Crippen LogP contribution >= 0.6 is 23.2 Å². The van der Waals surface area contributed by atoms with Crippen LogP contribution in [0.2, 0.25) is 10.0 Å². The molecule has 0 spiro atoms. The van der Waals surface area contributed by atoms with Crippen LogP contribution in [0.25, 0.3) is 0 Å². The minimum Gasteiger partial charge on any atom is -0.454 e. The number of amides is 3. The van der Waals surface area contributed by atoms with Crippen LogP contribution in [0.3, 0.4) is 0 Å². The molecule has 1 aliphatic heterocycles. The molecule has 1 aromatic carbocycles. The van der Waals surface area contributed by atoms with Gasteiger partial charge in [0.25, 0.3) is 5.91 Å². The number of carbonyl (C=O) groups excluding carboxylic acids is 4. The number of fused-ring (bicyclic) bond motifs is 5. The van der Waals surface area contributed by atoms with E-state index in [1.54, 1.807) is 19.9 Å². The predicted octanol–water partition coefficient (Wildman–Crippen LogP) is 3.31. The molecule has 1 N–H and O–H groups in total. The first-order chi connectivity index (χ1) is 14.7. The van der Waals surface area contributed by atoms with E-state index < -0.39 is 36.4 Å². The Morgan fingerprint density at radius 3 is 2.26 bits per heavy atom. The lowest BCUT2D eigenvalue weighted by molar-refractivity contribution is -0.162. The van der Waals surface area contributed by atoms with E-state index in [1.807, 2.05) is 12.2 Å². The molecule has 9 heteroatoms. The predicted molar refractivity (Wildman–Crippen MR) is 114 cm³/mol. The van der Waals surface area contributed by atoms with E-state index in [2.05, 4.69) is 5.32 Å². The van der Waals surface area contributed by atoms with Gasteiger partial charge in [-0.25, -0.2) is 4.79 Å². The van der Waals surface area contributed by atoms with Crippen LogP contribution in [-0.4, -0.2) is 41.2 Å². The van der Waals surface area contributed by atoms with Crippen LogP contribution in [0, 0.1) is 29.6 Å². The van der Waals surface area contributed by atoms with Gasteiger partial charge >= 0.3 is 5.97 Å². The summed E-state index contributed by atoms with van der Waals surface area (Å²) in [6.45, 7) is 2.92. The first-order valence-electron chi connectivity index (χ1n) is 10.2. The Balaban J connectivity index is 1.41. The normalized spacial score (nSPS) is 27.1. The van der Waals surface area contributed by atoms with Gasteiger partial charge in [-0.1, -0.05) is 49.2 Å². The topological polar surface area (TPSA) is 92.8 Å². The van der Waals surface area contributed by atoms with Crippen LogP contribution in [0.4, 0.5) is 5.69 Å². The first kappa shape index (κ1) is 21.8. The lowest BCUT2D eigenvalue weighted by Gasteiger charge is -2.28. The van der Waals surface area contributed by atoms with Crippen LogP contribution < -0.4 is 5.32 Å². The summed E-state index contributed by atoms with van der Waals surface area (Å²) in [5.41, 5.74) is 0.400. The largest absolute Gasteiger partial charge is 0.454 e. The summed E-state index contributed by atoms with van der Waals surface area (Å²) in [5.74, 6) is -3.03. The molecule has 2 fully saturated rings. The van der Waals surface area contributed by atoms with Crippen molar-refractivity contribution in [1.82, 2.24) is 4.90 Å². The molecule has 1 saturated heterocycles. The molecule has 4 rings (SSSR count). The van der Waals surface area contributed by atoms with Gasteiger partial charge in [0.15, 0.2) is 6.61 Å². The molecular weight excluding hydrogens is 443 g/mol. The minimum atomic E-state index is -1.07. The summed E-state index contributed by atoms with van der Waals surface area (Å²) < 4.78 is 5.18. The third-order valence-electron chi connectivity index (χ3n) is 6.20. The maximum absolute atomic E-state index is 13.0. The monoisotopic (exact) mass is 464 g/mol. The number of imide groups is 1. The SMILES string of the molecule is CC(C)[C@@H](C(=O)OCC(=O)Nc1ccc(Cl)c(Cl)c1)N1C(=O)[C@@H]2[C@H](C1=O)[C@H]1C=C[C@H]2C1. The van der Waals surface area contributed by atoms with Gasteiger partial charge in [-0.05, 0) is 42.4 Å². The highest BCUT2D eigenvalue weighted by atomic mass is 35.5. The van der Waals surface area contributed by atoms with Gasteiger partial charge < -0.3 is 10.1 Å².